The van der Waals surface area contributed by atoms with Crippen LogP contribution in [-0.2, 0) is 23.3 Å². The molecule has 0 N–H and O–H groups in total. The predicted octanol–water partition coefficient (Wildman–Crippen LogP) is 11.2. The predicted molar refractivity (Wildman–Crippen MR) is 167 cm³/mol. The molecule has 0 aliphatic heterocycles. The molecular formula is C34H30Cl2SiZr. The molecule has 6 aromatic rings. The van der Waals surface area contributed by atoms with Gasteiger partial charge in [0.1, 0.15) is 0 Å². The topological polar surface area (TPSA) is 0 Å². The molecule has 0 heterocycles. The molecule has 0 bridgehead atoms. The summed E-state index contributed by atoms with van der Waals surface area (Å²) in [5, 5.41) is 6.74. The Morgan fingerprint density at radius 1 is 0.579 bits per heavy atom. The van der Waals surface area contributed by atoms with E-state index in [2.05, 4.69) is 99.7 Å². The minimum Gasteiger partial charge on any atom is -0.165 e. The van der Waals surface area contributed by atoms with Gasteiger partial charge in [-0.3, -0.25) is 0 Å². The molecule has 0 aliphatic carbocycles. The Bertz CT molecular complexity index is 1580. The van der Waals surface area contributed by atoms with E-state index >= 15 is 0 Å². The average molecular weight is 629 g/mol. The summed E-state index contributed by atoms with van der Waals surface area (Å²) in [4.78, 5) is 0. The van der Waals surface area contributed by atoms with E-state index in [0.717, 1.165) is 10.0 Å². The van der Waals surface area contributed by atoms with E-state index in [0.29, 0.717) is 0 Å². The number of fused-ring (bicyclic) bond motifs is 2. The Kier molecular flexibility index (Phi) is 10.0. The summed E-state index contributed by atoms with van der Waals surface area (Å²) in [5.41, 5.74) is 7.66. The first-order chi connectivity index (χ1) is 18.2. The monoisotopic (exact) mass is 626 g/mol. The van der Waals surface area contributed by atoms with Crippen molar-refractivity contribution >= 4 is 50.2 Å². The van der Waals surface area contributed by atoms with Gasteiger partial charge in [-0.2, -0.15) is 12.1 Å². The fourth-order valence-electron chi connectivity index (χ4n) is 4.58. The van der Waals surface area contributed by atoms with Crippen molar-refractivity contribution in [3.05, 3.63) is 130 Å². The third kappa shape index (κ3) is 7.45. The standard InChI is InChI=1S/2C16H12Cl.C2H6Si.Zr/c2*1-11-8-12-5-3-7-15(16(12)9-11)13-4-2-6-14(17)10-13;1-3-2;/h2*2-10H,1H3;1-2H3;/q2*-1;;+2. The van der Waals surface area contributed by atoms with Crippen LogP contribution in [0.3, 0.4) is 0 Å². The number of hydrogen-bond donors (Lipinski definition) is 0. The number of rotatable bonds is 2. The number of hydrogen-bond acceptors (Lipinski definition) is 0. The summed E-state index contributed by atoms with van der Waals surface area (Å²) in [6.45, 7) is 8.87. The maximum absolute atomic E-state index is 6.05. The summed E-state index contributed by atoms with van der Waals surface area (Å²) in [7, 11) is 0. The van der Waals surface area contributed by atoms with E-state index in [4.69, 9.17) is 23.2 Å². The quantitative estimate of drug-likeness (QED) is 0.132. The number of benzene rings is 4. The second-order valence-electron chi connectivity index (χ2n) is 9.70. The molecule has 0 aromatic heterocycles. The van der Waals surface area contributed by atoms with E-state index in [1.807, 2.05) is 36.4 Å². The van der Waals surface area contributed by atoms with Gasteiger partial charge in [-0.05, 0) is 35.4 Å². The fourth-order valence-corrected chi connectivity index (χ4v) is 4.97. The Hall–Kier alpha value is -2.22. The van der Waals surface area contributed by atoms with Crippen molar-refractivity contribution in [3.63, 3.8) is 0 Å². The minimum atomic E-state index is 0.210. The van der Waals surface area contributed by atoms with Gasteiger partial charge in [-0.15, -0.1) is 69.1 Å². The van der Waals surface area contributed by atoms with Crippen LogP contribution in [0.1, 0.15) is 11.1 Å². The second kappa shape index (κ2) is 13.2. The molecule has 6 rings (SSSR count). The van der Waals surface area contributed by atoms with Gasteiger partial charge in [-0.1, -0.05) is 84.6 Å². The summed E-state index contributed by atoms with van der Waals surface area (Å²) in [5.74, 6) is 0. The molecule has 0 unspecified atom stereocenters. The molecular weight excluding hydrogens is 599 g/mol. The molecule has 6 aromatic carbocycles. The SMILES string of the molecule is C[Si](C)=[Zr+2].Cc1cc2c(-c3cccc(Cl)c3)cccc2[cH-]1.Cc1cc2c(-c3cccc(Cl)c3)cccc2[cH-]1. The zero-order valence-corrected chi connectivity index (χ0v) is 27.1. The molecule has 188 valence electrons. The molecule has 0 saturated carbocycles. The van der Waals surface area contributed by atoms with Crippen LogP contribution in [0.2, 0.25) is 23.1 Å². The Balaban J connectivity index is 0.000000156. The average Bonchev–Trinajstić information content (AvgIpc) is 3.44. The summed E-state index contributed by atoms with van der Waals surface area (Å²) >= 11 is 13.8. The van der Waals surface area contributed by atoms with Gasteiger partial charge in [-0.25, -0.2) is 0 Å². The van der Waals surface area contributed by atoms with E-state index < -0.39 is 0 Å². The third-order valence-electron chi connectivity index (χ3n) is 6.06. The minimum absolute atomic E-state index is 0.210. The maximum atomic E-state index is 6.05. The van der Waals surface area contributed by atoms with Crippen molar-refractivity contribution in [2.45, 2.75) is 26.9 Å². The maximum Gasteiger partial charge on any atom is 0.0411 e. The molecule has 0 spiro atoms. The van der Waals surface area contributed by atoms with Crippen LogP contribution in [0, 0.1) is 13.8 Å². The number of halogens is 2. The zero-order valence-electron chi connectivity index (χ0n) is 22.1. The van der Waals surface area contributed by atoms with Crippen molar-refractivity contribution in [1.82, 2.24) is 0 Å². The fraction of sp³-hybridized carbons (Fsp3) is 0.118. The van der Waals surface area contributed by atoms with Gasteiger partial charge in [0.25, 0.3) is 0 Å². The molecule has 0 nitrogen and oxygen atoms in total. The number of aryl methyl sites for hydroxylation is 2. The first-order valence-electron chi connectivity index (χ1n) is 12.6. The van der Waals surface area contributed by atoms with Crippen LogP contribution in [0.5, 0.6) is 0 Å². The van der Waals surface area contributed by atoms with Crippen molar-refractivity contribution in [3.8, 4) is 22.3 Å². The van der Waals surface area contributed by atoms with Gasteiger partial charge in [0.2, 0.25) is 0 Å². The molecule has 38 heavy (non-hydrogen) atoms. The van der Waals surface area contributed by atoms with Gasteiger partial charge in [0, 0.05) is 10.0 Å². The first kappa shape index (κ1) is 28.8. The molecule has 4 heteroatoms. The van der Waals surface area contributed by atoms with Gasteiger partial charge in [0.05, 0.1) is 0 Å². The Morgan fingerprint density at radius 3 is 1.32 bits per heavy atom. The zero-order chi connectivity index (χ0) is 27.2. The van der Waals surface area contributed by atoms with Crippen LogP contribution >= 0.6 is 23.2 Å². The van der Waals surface area contributed by atoms with Crippen LogP contribution in [-0.4, -0.2) is 5.43 Å². The van der Waals surface area contributed by atoms with Crippen molar-refractivity contribution < 1.29 is 23.3 Å². The van der Waals surface area contributed by atoms with E-state index in [1.54, 1.807) is 23.3 Å². The Morgan fingerprint density at radius 2 is 0.947 bits per heavy atom. The van der Waals surface area contributed by atoms with Crippen LogP contribution < -0.4 is 0 Å². The molecule has 0 radical (unpaired) electrons. The summed E-state index contributed by atoms with van der Waals surface area (Å²) < 4.78 is 0. The molecule has 0 amide bonds. The van der Waals surface area contributed by atoms with Gasteiger partial charge in [0.15, 0.2) is 0 Å². The molecule has 0 saturated heterocycles. The molecule has 0 atom stereocenters. The van der Waals surface area contributed by atoms with Crippen molar-refractivity contribution in [1.29, 1.82) is 0 Å². The van der Waals surface area contributed by atoms with Crippen molar-refractivity contribution in [2.24, 2.45) is 0 Å². The second-order valence-corrected chi connectivity index (χ2v) is 20.0. The summed E-state index contributed by atoms with van der Waals surface area (Å²) in [6.07, 6.45) is 0. The molecule has 0 fully saturated rings. The van der Waals surface area contributed by atoms with E-state index in [-0.39, 0.29) is 5.43 Å². The van der Waals surface area contributed by atoms with E-state index in [9.17, 15) is 0 Å². The third-order valence-corrected chi connectivity index (χ3v) is 6.53. The van der Waals surface area contributed by atoms with Crippen LogP contribution in [0.25, 0.3) is 43.8 Å². The van der Waals surface area contributed by atoms with Gasteiger partial charge < -0.3 is 0 Å². The Labute approximate surface area is 251 Å². The normalized spacial score (nSPS) is 10.5. The largest absolute Gasteiger partial charge is 0.165 e. The molecule has 0 aliphatic rings. The van der Waals surface area contributed by atoms with Crippen molar-refractivity contribution in [2.75, 3.05) is 0 Å². The van der Waals surface area contributed by atoms with Gasteiger partial charge >= 0.3 is 41.9 Å². The van der Waals surface area contributed by atoms with E-state index in [1.165, 1.54) is 54.9 Å². The summed E-state index contributed by atoms with van der Waals surface area (Å²) in [6, 6.07) is 37.7. The van der Waals surface area contributed by atoms with Crippen LogP contribution in [0.4, 0.5) is 0 Å². The smallest absolute Gasteiger partial charge is 0.0411 e. The van der Waals surface area contributed by atoms with Crippen LogP contribution in [0.15, 0.2) is 109 Å². The first-order valence-corrected chi connectivity index (χ1v) is 19.5.